The molecular formula is C22H16O3. The Bertz CT molecular complexity index is 925. The molecule has 3 heteroatoms. The summed E-state index contributed by atoms with van der Waals surface area (Å²) in [4.78, 5) is 12.4. The predicted molar refractivity (Wildman–Crippen MR) is 97.8 cm³/mol. The Hall–Kier alpha value is -3.33. The maximum Gasteiger partial charge on any atom is 0.231 e. The van der Waals surface area contributed by atoms with E-state index in [0.29, 0.717) is 11.3 Å². The molecule has 0 spiro atoms. The molecule has 25 heavy (non-hydrogen) atoms. The highest BCUT2D eigenvalue weighted by Crippen LogP contribution is 2.32. The fraction of sp³-hybridized carbons (Fsp3) is 0.0455. The number of fused-ring (bicyclic) bond motifs is 1. The molecule has 122 valence electrons. The Morgan fingerprint density at radius 3 is 2.32 bits per heavy atom. The molecule has 0 N–H and O–H groups in total. The van der Waals surface area contributed by atoms with Gasteiger partial charge in [-0.05, 0) is 34.9 Å². The number of carbonyl (C=O) groups is 1. The van der Waals surface area contributed by atoms with Crippen molar-refractivity contribution in [2.75, 3.05) is 6.79 Å². The number of hydrogen-bond donors (Lipinski definition) is 0. The summed E-state index contributed by atoms with van der Waals surface area (Å²) in [5.74, 6) is 1.42. The largest absolute Gasteiger partial charge is 0.454 e. The summed E-state index contributed by atoms with van der Waals surface area (Å²) in [6.07, 6.45) is 3.37. The Labute approximate surface area is 146 Å². The van der Waals surface area contributed by atoms with E-state index >= 15 is 0 Å². The molecule has 0 atom stereocenters. The van der Waals surface area contributed by atoms with Crippen LogP contribution in [0.5, 0.6) is 11.5 Å². The maximum absolute atomic E-state index is 12.4. The van der Waals surface area contributed by atoms with Crippen LogP contribution >= 0.6 is 0 Å². The SMILES string of the molecule is O=C(/C=C/c1ccc2c(c1)OCO2)c1ccc(-c2ccccc2)cc1. The third-order valence-corrected chi connectivity index (χ3v) is 4.10. The van der Waals surface area contributed by atoms with Gasteiger partial charge >= 0.3 is 0 Å². The van der Waals surface area contributed by atoms with E-state index in [1.807, 2.05) is 60.7 Å². The summed E-state index contributed by atoms with van der Waals surface area (Å²) < 4.78 is 10.6. The van der Waals surface area contributed by atoms with Crippen LogP contribution in [-0.2, 0) is 0 Å². The second-order valence-electron chi connectivity index (χ2n) is 5.75. The molecule has 0 aromatic heterocycles. The summed E-state index contributed by atoms with van der Waals surface area (Å²) in [6.45, 7) is 0.245. The van der Waals surface area contributed by atoms with Gasteiger partial charge in [-0.1, -0.05) is 66.7 Å². The molecule has 3 aromatic carbocycles. The smallest absolute Gasteiger partial charge is 0.231 e. The third-order valence-electron chi connectivity index (χ3n) is 4.10. The number of rotatable bonds is 4. The minimum absolute atomic E-state index is 0.0303. The maximum atomic E-state index is 12.4. The highest BCUT2D eigenvalue weighted by molar-refractivity contribution is 6.07. The predicted octanol–water partition coefficient (Wildman–Crippen LogP) is 4.98. The van der Waals surface area contributed by atoms with E-state index in [4.69, 9.17) is 9.47 Å². The highest BCUT2D eigenvalue weighted by Gasteiger charge is 2.12. The van der Waals surface area contributed by atoms with Crippen LogP contribution in [0, 0.1) is 0 Å². The van der Waals surface area contributed by atoms with Crippen LogP contribution in [-0.4, -0.2) is 12.6 Å². The van der Waals surface area contributed by atoms with Gasteiger partial charge in [-0.2, -0.15) is 0 Å². The van der Waals surface area contributed by atoms with Gasteiger partial charge in [0.05, 0.1) is 0 Å². The first kappa shape index (κ1) is 15.2. The van der Waals surface area contributed by atoms with E-state index in [1.165, 1.54) is 0 Å². The van der Waals surface area contributed by atoms with Crippen molar-refractivity contribution < 1.29 is 14.3 Å². The summed E-state index contributed by atoms with van der Waals surface area (Å²) in [5, 5.41) is 0. The zero-order valence-corrected chi connectivity index (χ0v) is 13.5. The first-order chi connectivity index (χ1) is 12.3. The molecule has 0 fully saturated rings. The van der Waals surface area contributed by atoms with E-state index in [2.05, 4.69) is 12.1 Å². The van der Waals surface area contributed by atoms with Crippen LogP contribution in [0.1, 0.15) is 15.9 Å². The van der Waals surface area contributed by atoms with Crippen LogP contribution in [0.25, 0.3) is 17.2 Å². The molecule has 1 aliphatic heterocycles. The van der Waals surface area contributed by atoms with E-state index in [0.717, 1.165) is 22.4 Å². The number of hydrogen-bond acceptors (Lipinski definition) is 3. The number of carbonyl (C=O) groups excluding carboxylic acids is 1. The van der Waals surface area contributed by atoms with Crippen molar-refractivity contribution in [1.82, 2.24) is 0 Å². The van der Waals surface area contributed by atoms with Gasteiger partial charge in [-0.3, -0.25) is 4.79 Å². The van der Waals surface area contributed by atoms with Crippen LogP contribution in [0.4, 0.5) is 0 Å². The van der Waals surface area contributed by atoms with E-state index < -0.39 is 0 Å². The Kier molecular flexibility index (Phi) is 4.05. The topological polar surface area (TPSA) is 35.5 Å². The van der Waals surface area contributed by atoms with Crippen molar-refractivity contribution in [1.29, 1.82) is 0 Å². The van der Waals surface area contributed by atoms with Crippen molar-refractivity contribution in [3.05, 3.63) is 90.0 Å². The molecule has 1 aliphatic rings. The molecule has 3 nitrogen and oxygen atoms in total. The molecule has 1 heterocycles. The minimum Gasteiger partial charge on any atom is -0.454 e. The number of ketones is 1. The Balaban J connectivity index is 1.49. The number of benzene rings is 3. The fourth-order valence-corrected chi connectivity index (χ4v) is 2.74. The van der Waals surface area contributed by atoms with Crippen molar-refractivity contribution in [3.8, 4) is 22.6 Å². The van der Waals surface area contributed by atoms with Gasteiger partial charge in [-0.15, -0.1) is 0 Å². The lowest BCUT2D eigenvalue weighted by Crippen LogP contribution is -1.93. The fourth-order valence-electron chi connectivity index (χ4n) is 2.74. The lowest BCUT2D eigenvalue weighted by atomic mass is 10.0. The van der Waals surface area contributed by atoms with Crippen molar-refractivity contribution >= 4 is 11.9 Å². The average Bonchev–Trinajstić information content (AvgIpc) is 3.15. The molecule has 4 rings (SSSR count). The Morgan fingerprint density at radius 1 is 0.800 bits per heavy atom. The van der Waals surface area contributed by atoms with Crippen LogP contribution < -0.4 is 9.47 Å². The molecule has 0 aliphatic carbocycles. The van der Waals surface area contributed by atoms with Gasteiger partial charge < -0.3 is 9.47 Å². The number of allylic oxidation sites excluding steroid dienone is 1. The van der Waals surface area contributed by atoms with Gasteiger partial charge in [0.1, 0.15) is 0 Å². The quantitative estimate of drug-likeness (QED) is 0.500. The van der Waals surface area contributed by atoms with Crippen molar-refractivity contribution in [2.24, 2.45) is 0 Å². The lowest BCUT2D eigenvalue weighted by Gasteiger charge is -2.02. The van der Waals surface area contributed by atoms with Crippen molar-refractivity contribution in [3.63, 3.8) is 0 Å². The number of ether oxygens (including phenoxy) is 2. The molecule has 0 radical (unpaired) electrons. The van der Waals surface area contributed by atoms with E-state index in [-0.39, 0.29) is 12.6 Å². The zero-order valence-electron chi connectivity index (χ0n) is 13.5. The van der Waals surface area contributed by atoms with Crippen LogP contribution in [0.15, 0.2) is 78.9 Å². The normalized spacial score (nSPS) is 12.5. The van der Waals surface area contributed by atoms with Gasteiger partial charge in [0, 0.05) is 5.56 Å². The highest BCUT2D eigenvalue weighted by atomic mass is 16.7. The first-order valence-electron chi connectivity index (χ1n) is 8.07. The molecule has 0 saturated heterocycles. The van der Waals surface area contributed by atoms with Crippen LogP contribution in [0.2, 0.25) is 0 Å². The first-order valence-corrected chi connectivity index (χ1v) is 8.07. The second kappa shape index (κ2) is 6.65. The van der Waals surface area contributed by atoms with E-state index in [1.54, 1.807) is 12.2 Å². The van der Waals surface area contributed by atoms with Gasteiger partial charge in [0.25, 0.3) is 0 Å². The lowest BCUT2D eigenvalue weighted by molar-refractivity contribution is 0.104. The second-order valence-corrected chi connectivity index (χ2v) is 5.75. The van der Waals surface area contributed by atoms with Crippen molar-refractivity contribution in [2.45, 2.75) is 0 Å². The van der Waals surface area contributed by atoms with Gasteiger partial charge in [-0.25, -0.2) is 0 Å². The molecule has 0 bridgehead atoms. The van der Waals surface area contributed by atoms with Gasteiger partial charge in [0.2, 0.25) is 6.79 Å². The average molecular weight is 328 g/mol. The monoisotopic (exact) mass is 328 g/mol. The summed E-state index contributed by atoms with van der Waals surface area (Å²) >= 11 is 0. The summed E-state index contributed by atoms with van der Waals surface area (Å²) in [7, 11) is 0. The molecule has 0 unspecified atom stereocenters. The molecule has 0 saturated carbocycles. The standard InChI is InChI=1S/C22H16O3/c23-20(12-6-16-7-13-21-22(14-16)25-15-24-21)19-10-8-18(9-11-19)17-4-2-1-3-5-17/h1-14H,15H2/b12-6+. The van der Waals surface area contributed by atoms with E-state index in [9.17, 15) is 4.79 Å². The molecular weight excluding hydrogens is 312 g/mol. The zero-order chi connectivity index (χ0) is 17.1. The van der Waals surface area contributed by atoms with Gasteiger partial charge in [0.15, 0.2) is 17.3 Å². The third kappa shape index (κ3) is 3.31. The minimum atomic E-state index is -0.0303. The summed E-state index contributed by atoms with van der Waals surface area (Å²) in [6, 6.07) is 23.4. The van der Waals surface area contributed by atoms with Crippen LogP contribution in [0.3, 0.4) is 0 Å². The Morgan fingerprint density at radius 2 is 1.52 bits per heavy atom. The molecule has 0 amide bonds. The molecule has 3 aromatic rings. The summed E-state index contributed by atoms with van der Waals surface area (Å²) in [5.41, 5.74) is 3.80.